The third-order valence-corrected chi connectivity index (χ3v) is 7.33. The molecule has 180 valence electrons. The maximum atomic E-state index is 12.4. The zero-order chi connectivity index (χ0) is 23.9. The van der Waals surface area contributed by atoms with Crippen LogP contribution >= 0.6 is 11.6 Å². The molecule has 2 aliphatic carbocycles. The number of carbonyl (C=O) groups excluding carboxylic acids is 2. The second-order valence-electron chi connectivity index (χ2n) is 9.81. The van der Waals surface area contributed by atoms with E-state index >= 15 is 0 Å². The molecule has 1 aliphatic heterocycles. The first-order valence-corrected chi connectivity index (χ1v) is 12.3. The number of pyridine rings is 1. The highest BCUT2D eigenvalue weighted by Gasteiger charge is 2.47. The third kappa shape index (κ3) is 4.66. The molecule has 0 unspecified atom stereocenters. The number of rotatable bonds is 6. The van der Waals surface area contributed by atoms with Crippen LogP contribution in [0.5, 0.6) is 0 Å². The highest BCUT2D eigenvalue weighted by molar-refractivity contribution is 6.34. The van der Waals surface area contributed by atoms with Crippen molar-refractivity contribution in [3.63, 3.8) is 0 Å². The van der Waals surface area contributed by atoms with Crippen molar-refractivity contribution in [3.05, 3.63) is 46.0 Å². The minimum Gasteiger partial charge on any atom is -0.435 e. The average Bonchev–Trinajstić information content (AvgIpc) is 3.56. The van der Waals surface area contributed by atoms with E-state index in [9.17, 15) is 9.59 Å². The Morgan fingerprint density at radius 1 is 1.29 bits per heavy atom. The Labute approximate surface area is 203 Å². The number of hydrogen-bond donors (Lipinski definition) is 3. The van der Waals surface area contributed by atoms with Crippen molar-refractivity contribution >= 4 is 29.3 Å². The minimum atomic E-state index is -0.815. The van der Waals surface area contributed by atoms with Gasteiger partial charge in [0.15, 0.2) is 5.60 Å². The zero-order valence-corrected chi connectivity index (χ0v) is 20.1. The van der Waals surface area contributed by atoms with E-state index in [0.29, 0.717) is 46.7 Å². The lowest BCUT2D eigenvalue weighted by atomic mass is 9.73. The molecule has 34 heavy (non-hydrogen) atoms. The number of hydrogen-bond acceptors (Lipinski definition) is 6. The largest absolute Gasteiger partial charge is 0.435 e. The summed E-state index contributed by atoms with van der Waals surface area (Å²) >= 11 is 6.63. The van der Waals surface area contributed by atoms with E-state index in [1.807, 2.05) is 19.9 Å². The van der Waals surface area contributed by atoms with Gasteiger partial charge in [-0.15, -0.1) is 0 Å². The number of halogens is 1. The predicted molar refractivity (Wildman–Crippen MR) is 127 cm³/mol. The number of aromatic nitrogens is 3. The molecule has 0 radical (unpaired) electrons. The molecule has 10 heteroatoms. The van der Waals surface area contributed by atoms with Gasteiger partial charge in [0.1, 0.15) is 11.4 Å². The van der Waals surface area contributed by atoms with Crippen LogP contribution < -0.4 is 10.7 Å². The molecule has 5 rings (SSSR count). The van der Waals surface area contributed by atoms with Crippen LogP contribution in [-0.4, -0.2) is 44.5 Å². The van der Waals surface area contributed by atoms with Gasteiger partial charge in [0, 0.05) is 35.1 Å². The second-order valence-corrected chi connectivity index (χ2v) is 10.2. The van der Waals surface area contributed by atoms with Crippen LogP contribution in [0.4, 0.5) is 4.79 Å². The number of aromatic amines is 1. The normalized spacial score (nSPS) is 25.3. The summed E-state index contributed by atoms with van der Waals surface area (Å²) in [5.41, 5.74) is 5.23. The Hall–Kier alpha value is -2.94. The molecule has 3 N–H and O–H groups in total. The summed E-state index contributed by atoms with van der Waals surface area (Å²) in [6.07, 6.45) is 7.32. The van der Waals surface area contributed by atoms with E-state index < -0.39 is 11.7 Å². The van der Waals surface area contributed by atoms with E-state index in [1.54, 1.807) is 12.3 Å². The summed E-state index contributed by atoms with van der Waals surface area (Å²) < 4.78 is 5.86. The van der Waals surface area contributed by atoms with Gasteiger partial charge in [-0.2, -0.15) is 10.2 Å². The topological polar surface area (TPSA) is 121 Å². The standard InChI is InChI=1S/C24H29ClN6O3/c1-13(27-22(32)20-10-14(2)28-29-20)9-15-5-7-24(8-6-15)21(30-31-23(33)34-24)17-12-26-19(11-18(17)25)16-3-4-16/h10-13,15-16H,3-9H2,1-2H3,(H,27,32)(H,28,29)(H,31,33)/t13-,15?,24?/m0/s1. The van der Waals surface area contributed by atoms with E-state index in [-0.39, 0.29) is 11.9 Å². The summed E-state index contributed by atoms with van der Waals surface area (Å²) in [4.78, 5) is 29.1. The van der Waals surface area contributed by atoms with Crippen molar-refractivity contribution in [3.8, 4) is 0 Å². The maximum Gasteiger partial charge on any atom is 0.428 e. The Morgan fingerprint density at radius 2 is 2.06 bits per heavy atom. The van der Waals surface area contributed by atoms with E-state index in [1.165, 1.54) is 0 Å². The lowest BCUT2D eigenvalue weighted by Crippen LogP contribution is -2.52. The van der Waals surface area contributed by atoms with Gasteiger partial charge in [0.25, 0.3) is 5.91 Å². The molecular formula is C24H29ClN6O3. The summed E-state index contributed by atoms with van der Waals surface area (Å²) in [5.74, 6) is 0.713. The Morgan fingerprint density at radius 3 is 2.71 bits per heavy atom. The van der Waals surface area contributed by atoms with Crippen molar-refractivity contribution in [2.24, 2.45) is 11.0 Å². The molecule has 2 saturated carbocycles. The number of aryl methyl sites for hydroxylation is 1. The van der Waals surface area contributed by atoms with Gasteiger partial charge in [-0.25, -0.2) is 10.2 Å². The highest BCUT2D eigenvalue weighted by atomic mass is 35.5. The van der Waals surface area contributed by atoms with E-state index in [4.69, 9.17) is 16.3 Å². The summed E-state index contributed by atoms with van der Waals surface area (Å²) in [7, 11) is 0. The van der Waals surface area contributed by atoms with E-state index in [2.05, 4.69) is 31.0 Å². The minimum absolute atomic E-state index is 0.000814. The van der Waals surface area contributed by atoms with Crippen LogP contribution in [0.15, 0.2) is 23.4 Å². The van der Waals surface area contributed by atoms with Crippen LogP contribution in [0.2, 0.25) is 5.02 Å². The van der Waals surface area contributed by atoms with Crippen molar-refractivity contribution in [1.82, 2.24) is 25.9 Å². The van der Waals surface area contributed by atoms with Crippen LogP contribution in [0, 0.1) is 12.8 Å². The smallest absolute Gasteiger partial charge is 0.428 e. The molecule has 2 amide bonds. The van der Waals surface area contributed by atoms with Crippen molar-refractivity contribution < 1.29 is 14.3 Å². The SMILES string of the molecule is Cc1cc(C(=O)N[C@@H](C)CC2CCC3(CC2)OC(=O)NN=C3c2cnc(C3CC3)cc2Cl)n[nH]1. The fourth-order valence-electron chi connectivity index (χ4n) is 5.09. The fourth-order valence-corrected chi connectivity index (χ4v) is 5.34. The van der Waals surface area contributed by atoms with E-state index in [0.717, 1.165) is 43.5 Å². The van der Waals surface area contributed by atoms with Gasteiger partial charge < -0.3 is 10.1 Å². The molecule has 0 bridgehead atoms. The van der Waals surface area contributed by atoms with Gasteiger partial charge in [0.2, 0.25) is 0 Å². The quantitative estimate of drug-likeness (QED) is 0.566. The number of hydrazone groups is 1. The Kier molecular flexibility index (Phi) is 6.06. The lowest BCUT2D eigenvalue weighted by Gasteiger charge is -2.42. The Bertz CT molecular complexity index is 1130. The average molecular weight is 485 g/mol. The number of nitrogens with one attached hydrogen (secondary N) is 3. The number of nitrogens with zero attached hydrogens (tertiary/aromatic N) is 3. The molecule has 0 saturated heterocycles. The fraction of sp³-hybridized carbons (Fsp3) is 0.542. The highest BCUT2D eigenvalue weighted by Crippen LogP contribution is 2.43. The van der Waals surface area contributed by atoms with Gasteiger partial charge in [-0.05, 0) is 76.8 Å². The molecule has 3 heterocycles. The summed E-state index contributed by atoms with van der Waals surface area (Å²) in [6, 6.07) is 3.65. The molecule has 0 aromatic carbocycles. The van der Waals surface area contributed by atoms with Gasteiger partial charge in [-0.3, -0.25) is 14.9 Å². The van der Waals surface area contributed by atoms with Gasteiger partial charge in [-0.1, -0.05) is 11.6 Å². The van der Waals surface area contributed by atoms with Crippen molar-refractivity contribution in [2.75, 3.05) is 0 Å². The number of H-pyrrole nitrogens is 1. The molecule has 2 aromatic rings. The van der Waals surface area contributed by atoms with Gasteiger partial charge in [0.05, 0.1) is 5.02 Å². The molecule has 1 spiro atoms. The lowest BCUT2D eigenvalue weighted by molar-refractivity contribution is 0.0154. The first kappa shape index (κ1) is 22.8. The van der Waals surface area contributed by atoms with Crippen LogP contribution in [-0.2, 0) is 4.74 Å². The predicted octanol–water partition coefficient (Wildman–Crippen LogP) is 4.23. The number of carbonyl (C=O) groups is 2. The van der Waals surface area contributed by atoms with Crippen LogP contribution in [0.3, 0.4) is 0 Å². The monoisotopic (exact) mass is 484 g/mol. The first-order valence-electron chi connectivity index (χ1n) is 11.9. The van der Waals surface area contributed by atoms with Crippen molar-refractivity contribution in [2.45, 2.75) is 76.4 Å². The first-order chi connectivity index (χ1) is 16.3. The second kappa shape index (κ2) is 9.02. The molecular weight excluding hydrogens is 456 g/mol. The third-order valence-electron chi connectivity index (χ3n) is 7.02. The molecule has 1 atom stereocenters. The summed E-state index contributed by atoms with van der Waals surface area (Å²) in [6.45, 7) is 3.87. The Balaban J connectivity index is 1.24. The van der Waals surface area contributed by atoms with Gasteiger partial charge >= 0.3 is 6.09 Å². The molecule has 2 aromatic heterocycles. The van der Waals surface area contributed by atoms with Crippen LogP contribution in [0.25, 0.3) is 0 Å². The number of amides is 2. The maximum absolute atomic E-state index is 12.4. The summed E-state index contributed by atoms with van der Waals surface area (Å²) in [5, 5.41) is 14.8. The number of ether oxygens (including phenoxy) is 1. The molecule has 3 aliphatic rings. The molecule has 2 fully saturated rings. The molecule has 9 nitrogen and oxygen atoms in total. The van der Waals surface area contributed by atoms with Crippen LogP contribution in [0.1, 0.15) is 85.2 Å². The zero-order valence-electron chi connectivity index (χ0n) is 19.4. The van der Waals surface area contributed by atoms with Crippen molar-refractivity contribution in [1.29, 1.82) is 0 Å².